The second kappa shape index (κ2) is 7.48. The molecule has 2 aromatic rings. The maximum absolute atomic E-state index is 12.1. The van der Waals surface area contributed by atoms with Crippen LogP contribution in [0.15, 0.2) is 60.9 Å². The van der Waals surface area contributed by atoms with Crippen molar-refractivity contribution in [3.63, 3.8) is 0 Å². The summed E-state index contributed by atoms with van der Waals surface area (Å²) in [5, 5.41) is 13.1. The van der Waals surface area contributed by atoms with Crippen LogP contribution < -0.4 is 10.1 Å². The van der Waals surface area contributed by atoms with Gasteiger partial charge >= 0.3 is 6.03 Å². The van der Waals surface area contributed by atoms with Crippen molar-refractivity contribution in [3.8, 4) is 11.6 Å². The minimum atomic E-state index is -0.543. The van der Waals surface area contributed by atoms with E-state index in [1.807, 2.05) is 0 Å². The number of rotatable bonds is 6. The molecule has 1 aliphatic rings. The topological polar surface area (TPSA) is 115 Å². The molecular weight excluding hydrogens is 352 g/mol. The molecule has 1 aromatic heterocycles. The minimum absolute atomic E-state index is 0.127. The van der Waals surface area contributed by atoms with Crippen LogP contribution in [0.3, 0.4) is 0 Å². The lowest BCUT2D eigenvalue weighted by atomic mass is 10.2. The van der Waals surface area contributed by atoms with Gasteiger partial charge < -0.3 is 10.1 Å². The van der Waals surface area contributed by atoms with E-state index in [4.69, 9.17) is 4.74 Å². The van der Waals surface area contributed by atoms with E-state index in [1.54, 1.807) is 30.3 Å². The molecule has 0 unspecified atom stereocenters. The zero-order valence-electron chi connectivity index (χ0n) is 14.0. The number of amides is 3. The number of ether oxygens (including phenoxy) is 1. The lowest BCUT2D eigenvalue weighted by Gasteiger charge is -2.07. The fourth-order valence-corrected chi connectivity index (χ4v) is 2.33. The van der Waals surface area contributed by atoms with Crippen LogP contribution in [0.2, 0.25) is 0 Å². The van der Waals surface area contributed by atoms with Crippen molar-refractivity contribution in [2.24, 2.45) is 0 Å². The van der Waals surface area contributed by atoms with Gasteiger partial charge in [0.25, 0.3) is 11.6 Å². The Morgan fingerprint density at radius 1 is 1.22 bits per heavy atom. The van der Waals surface area contributed by atoms with E-state index in [9.17, 15) is 19.7 Å². The average Bonchev–Trinajstić information content (AvgIpc) is 2.91. The van der Waals surface area contributed by atoms with E-state index in [0.29, 0.717) is 11.3 Å². The number of carbonyl (C=O) groups excluding carboxylic acids is 2. The van der Waals surface area contributed by atoms with Gasteiger partial charge in [0.05, 0.1) is 4.92 Å². The van der Waals surface area contributed by atoms with Gasteiger partial charge in [0, 0.05) is 18.7 Å². The number of carbonyl (C=O) groups is 2. The molecule has 9 heteroatoms. The molecule has 3 amide bonds. The largest absolute Gasteiger partial charge is 0.439 e. The summed E-state index contributed by atoms with van der Waals surface area (Å²) in [4.78, 5) is 38.9. The summed E-state index contributed by atoms with van der Waals surface area (Å²) in [5.41, 5.74) is 0.730. The number of aromatic nitrogens is 1. The Hall–Kier alpha value is -4.01. The number of hydrogen-bond acceptors (Lipinski definition) is 6. The van der Waals surface area contributed by atoms with Crippen LogP contribution in [0, 0.1) is 10.1 Å². The third kappa shape index (κ3) is 3.98. The van der Waals surface area contributed by atoms with E-state index in [1.165, 1.54) is 18.2 Å². The number of urea groups is 1. The number of imide groups is 1. The van der Waals surface area contributed by atoms with Crippen LogP contribution in [-0.2, 0) is 4.79 Å². The van der Waals surface area contributed by atoms with Gasteiger partial charge in [-0.05, 0) is 23.8 Å². The highest BCUT2D eigenvalue weighted by atomic mass is 16.6. The van der Waals surface area contributed by atoms with E-state index in [0.717, 1.165) is 11.1 Å². The molecule has 9 nitrogen and oxygen atoms in total. The first-order valence-electron chi connectivity index (χ1n) is 7.82. The molecule has 0 saturated carbocycles. The molecule has 27 heavy (non-hydrogen) atoms. The molecule has 3 rings (SSSR count). The molecule has 0 spiro atoms. The summed E-state index contributed by atoms with van der Waals surface area (Å²) in [7, 11) is 0. The summed E-state index contributed by atoms with van der Waals surface area (Å²) in [6, 6.07) is 8.90. The quantitative estimate of drug-likeness (QED) is 0.276. The predicted molar refractivity (Wildman–Crippen MR) is 95.8 cm³/mol. The number of nitro groups is 1. The van der Waals surface area contributed by atoms with Crippen LogP contribution in [0.25, 0.3) is 6.08 Å². The fraction of sp³-hybridized carbons (Fsp3) is 0.0556. The van der Waals surface area contributed by atoms with Gasteiger partial charge in [0.2, 0.25) is 5.88 Å². The number of hydrogen-bond donors (Lipinski definition) is 1. The second-order valence-corrected chi connectivity index (χ2v) is 5.48. The molecule has 2 heterocycles. The molecule has 0 aliphatic carbocycles. The molecule has 1 saturated heterocycles. The van der Waals surface area contributed by atoms with Crippen molar-refractivity contribution < 1.29 is 19.2 Å². The highest BCUT2D eigenvalue weighted by Crippen LogP contribution is 2.22. The monoisotopic (exact) mass is 366 g/mol. The second-order valence-electron chi connectivity index (χ2n) is 5.48. The maximum Gasteiger partial charge on any atom is 0.329 e. The van der Waals surface area contributed by atoms with Crippen LogP contribution in [0.4, 0.5) is 10.5 Å². The van der Waals surface area contributed by atoms with Gasteiger partial charge in [0.1, 0.15) is 17.6 Å². The van der Waals surface area contributed by atoms with Crippen LogP contribution >= 0.6 is 0 Å². The van der Waals surface area contributed by atoms with Crippen LogP contribution in [0.1, 0.15) is 5.56 Å². The van der Waals surface area contributed by atoms with Gasteiger partial charge in [-0.2, -0.15) is 0 Å². The summed E-state index contributed by atoms with van der Waals surface area (Å²) < 4.78 is 5.51. The summed E-state index contributed by atoms with van der Waals surface area (Å²) in [6.45, 7) is 3.65. The molecule has 1 N–H and O–H groups in total. The Morgan fingerprint density at radius 3 is 2.56 bits per heavy atom. The van der Waals surface area contributed by atoms with Crippen molar-refractivity contribution in [1.82, 2.24) is 15.2 Å². The zero-order valence-corrected chi connectivity index (χ0v) is 14.0. The smallest absolute Gasteiger partial charge is 0.329 e. The summed E-state index contributed by atoms with van der Waals surface area (Å²) >= 11 is 0. The molecule has 0 bridgehead atoms. The van der Waals surface area contributed by atoms with Gasteiger partial charge in [-0.1, -0.05) is 18.2 Å². The van der Waals surface area contributed by atoms with Crippen LogP contribution in [0.5, 0.6) is 11.6 Å². The van der Waals surface area contributed by atoms with E-state index in [2.05, 4.69) is 16.9 Å². The summed E-state index contributed by atoms with van der Waals surface area (Å²) in [6.07, 6.45) is 4.13. The Labute approximate surface area is 153 Å². The molecular formula is C18H14N4O5. The average molecular weight is 366 g/mol. The van der Waals surface area contributed by atoms with E-state index < -0.39 is 16.9 Å². The molecule has 0 atom stereocenters. The summed E-state index contributed by atoms with van der Waals surface area (Å²) in [5.74, 6) is 0.258. The van der Waals surface area contributed by atoms with Crippen molar-refractivity contribution in [1.29, 1.82) is 0 Å². The maximum atomic E-state index is 12.1. The number of nitrogens with one attached hydrogen (secondary N) is 1. The standard InChI is InChI=1S/C18H14N4O5/c1-2-9-21-17(23)15(20-18(21)24)10-12-3-6-14(7-4-12)27-16-8-5-13(11-19-16)22(25)26/h2-8,10-11H,1,9H2,(H,20,24)/b15-10+. The van der Waals surface area contributed by atoms with Crippen molar-refractivity contribution in [2.75, 3.05) is 6.54 Å². The zero-order chi connectivity index (χ0) is 19.4. The number of nitrogens with zero attached hydrogens (tertiary/aromatic N) is 3. The predicted octanol–water partition coefficient (Wildman–Crippen LogP) is 2.86. The minimum Gasteiger partial charge on any atom is -0.439 e. The molecule has 1 aromatic carbocycles. The van der Waals surface area contributed by atoms with E-state index in [-0.39, 0.29) is 23.8 Å². The van der Waals surface area contributed by atoms with Gasteiger partial charge in [0.15, 0.2) is 0 Å². The van der Waals surface area contributed by atoms with Crippen molar-refractivity contribution >= 4 is 23.7 Å². The van der Waals surface area contributed by atoms with Gasteiger partial charge in [-0.15, -0.1) is 6.58 Å². The first-order chi connectivity index (χ1) is 13.0. The van der Waals surface area contributed by atoms with Crippen molar-refractivity contribution in [3.05, 3.63) is 76.6 Å². The molecule has 1 aliphatic heterocycles. The van der Waals surface area contributed by atoms with E-state index >= 15 is 0 Å². The van der Waals surface area contributed by atoms with Gasteiger partial charge in [-0.25, -0.2) is 9.78 Å². The van der Waals surface area contributed by atoms with Crippen molar-refractivity contribution in [2.45, 2.75) is 0 Å². The third-order valence-electron chi connectivity index (χ3n) is 3.62. The normalized spacial score (nSPS) is 15.0. The Bertz CT molecular complexity index is 935. The first kappa shape index (κ1) is 17.8. The highest BCUT2D eigenvalue weighted by Gasteiger charge is 2.32. The van der Waals surface area contributed by atoms with Crippen LogP contribution in [-0.4, -0.2) is 33.3 Å². The molecule has 0 radical (unpaired) electrons. The Kier molecular flexibility index (Phi) is 4.93. The Morgan fingerprint density at radius 2 is 1.96 bits per heavy atom. The van der Waals surface area contributed by atoms with Gasteiger partial charge in [-0.3, -0.25) is 19.8 Å². The number of benzene rings is 1. The third-order valence-corrected chi connectivity index (χ3v) is 3.62. The molecule has 136 valence electrons. The lowest BCUT2D eigenvalue weighted by Crippen LogP contribution is -2.30. The SMILES string of the molecule is C=CCN1C(=O)N/C(=C/c2ccc(Oc3ccc([N+](=O)[O-])cn3)cc2)C1=O. The first-order valence-corrected chi connectivity index (χ1v) is 7.82. The highest BCUT2D eigenvalue weighted by molar-refractivity contribution is 6.14. The number of pyridine rings is 1. The molecule has 1 fully saturated rings. The fourth-order valence-electron chi connectivity index (χ4n) is 2.33. The Balaban J connectivity index is 1.70. The lowest BCUT2D eigenvalue weighted by molar-refractivity contribution is -0.385.